The van der Waals surface area contributed by atoms with Gasteiger partial charge in [-0.15, -0.1) is 34.2 Å². The number of rotatable bonds is 5. The normalized spacial score (nSPS) is 20.1. The molecule has 0 bridgehead atoms. The minimum absolute atomic E-state index is 0. The Morgan fingerprint density at radius 1 is 1.07 bits per heavy atom. The monoisotopic (exact) mass is 489 g/mol. The number of aliphatic imine (C=N–C) groups is 1. The van der Waals surface area contributed by atoms with Crippen LogP contribution in [0.3, 0.4) is 0 Å². The predicted molar refractivity (Wildman–Crippen MR) is 121 cm³/mol. The van der Waals surface area contributed by atoms with E-state index in [1.807, 2.05) is 18.5 Å². The van der Waals surface area contributed by atoms with Gasteiger partial charge in [-0.05, 0) is 46.5 Å². The molecule has 0 spiro atoms. The van der Waals surface area contributed by atoms with Gasteiger partial charge in [0.1, 0.15) is 12.4 Å². The molecule has 0 radical (unpaired) electrons. The van der Waals surface area contributed by atoms with E-state index in [0.29, 0.717) is 24.7 Å². The molecule has 2 heterocycles. The zero-order chi connectivity index (χ0) is 18.5. The maximum absolute atomic E-state index is 4.84. The lowest BCUT2D eigenvalue weighted by molar-refractivity contribution is 0.167. The Labute approximate surface area is 180 Å². The zero-order valence-electron chi connectivity index (χ0n) is 17.2. The van der Waals surface area contributed by atoms with Gasteiger partial charge in [-0.25, -0.2) is 4.99 Å². The molecule has 1 saturated heterocycles. The summed E-state index contributed by atoms with van der Waals surface area (Å²) in [5.74, 6) is 2.78. The minimum atomic E-state index is 0. The first-order valence-corrected chi connectivity index (χ1v) is 10.2. The number of aryl methyl sites for hydroxylation is 1. The molecule has 0 atom stereocenters. The van der Waals surface area contributed by atoms with Crippen molar-refractivity contribution >= 4 is 29.9 Å². The summed E-state index contributed by atoms with van der Waals surface area (Å²) < 4.78 is 2.01. The molecule has 2 fully saturated rings. The zero-order valence-corrected chi connectivity index (χ0v) is 19.6. The standard InChI is InChI=1S/C19H35N7.HI/c1-14(2)26-11-9-17(10-12-26)22-19(21-16-7-5-6-8-16)20-13-18-24-23-15(3)25(18)4;/h14,16-17H,5-13H2,1-4H3,(H2,20,21,22);1H. The van der Waals surface area contributed by atoms with E-state index >= 15 is 0 Å². The predicted octanol–water partition coefficient (Wildman–Crippen LogP) is 2.59. The highest BCUT2D eigenvalue weighted by Crippen LogP contribution is 2.18. The molecule has 1 aromatic rings. The fraction of sp³-hybridized carbons (Fsp3) is 0.842. The van der Waals surface area contributed by atoms with Crippen molar-refractivity contribution in [3.05, 3.63) is 11.6 Å². The summed E-state index contributed by atoms with van der Waals surface area (Å²) in [7, 11) is 2.00. The number of likely N-dealkylation sites (tertiary alicyclic amines) is 1. The SMILES string of the molecule is Cc1nnc(CN=C(NC2CCCC2)NC2CCN(C(C)C)CC2)n1C.I. The lowest BCUT2D eigenvalue weighted by Gasteiger charge is -2.35. The largest absolute Gasteiger partial charge is 0.354 e. The molecule has 0 aromatic carbocycles. The highest BCUT2D eigenvalue weighted by atomic mass is 127. The van der Waals surface area contributed by atoms with Crippen LogP contribution >= 0.6 is 24.0 Å². The second-order valence-electron chi connectivity index (χ2n) is 8.06. The van der Waals surface area contributed by atoms with Gasteiger partial charge in [-0.3, -0.25) is 0 Å². The van der Waals surface area contributed by atoms with Gasteiger partial charge in [0.25, 0.3) is 0 Å². The van der Waals surface area contributed by atoms with Gasteiger partial charge in [-0.1, -0.05) is 12.8 Å². The second-order valence-corrected chi connectivity index (χ2v) is 8.06. The van der Waals surface area contributed by atoms with Crippen molar-refractivity contribution in [3.8, 4) is 0 Å². The molecule has 1 aromatic heterocycles. The maximum atomic E-state index is 4.84. The molecule has 27 heavy (non-hydrogen) atoms. The number of halogens is 1. The summed E-state index contributed by atoms with van der Waals surface area (Å²) in [5.41, 5.74) is 0. The van der Waals surface area contributed by atoms with Crippen molar-refractivity contribution in [1.29, 1.82) is 0 Å². The van der Waals surface area contributed by atoms with Crippen LogP contribution in [0.1, 0.15) is 64.0 Å². The minimum Gasteiger partial charge on any atom is -0.354 e. The lowest BCUT2D eigenvalue weighted by atomic mass is 10.0. The molecule has 3 rings (SSSR count). The van der Waals surface area contributed by atoms with E-state index in [1.54, 1.807) is 0 Å². The van der Waals surface area contributed by atoms with Gasteiger partial charge in [0, 0.05) is 38.3 Å². The highest BCUT2D eigenvalue weighted by molar-refractivity contribution is 14.0. The Kier molecular flexibility index (Phi) is 8.78. The van der Waals surface area contributed by atoms with E-state index in [-0.39, 0.29) is 24.0 Å². The van der Waals surface area contributed by atoms with Crippen molar-refractivity contribution in [2.75, 3.05) is 13.1 Å². The van der Waals surface area contributed by atoms with Gasteiger partial charge >= 0.3 is 0 Å². The number of nitrogens with zero attached hydrogens (tertiary/aromatic N) is 5. The van der Waals surface area contributed by atoms with Crippen LogP contribution in [0.2, 0.25) is 0 Å². The highest BCUT2D eigenvalue weighted by Gasteiger charge is 2.23. The average molecular weight is 489 g/mol. The van der Waals surface area contributed by atoms with E-state index in [9.17, 15) is 0 Å². The van der Waals surface area contributed by atoms with Gasteiger partial charge in [-0.2, -0.15) is 0 Å². The van der Waals surface area contributed by atoms with E-state index in [4.69, 9.17) is 4.99 Å². The summed E-state index contributed by atoms with van der Waals surface area (Å²) in [6.45, 7) is 9.42. The van der Waals surface area contributed by atoms with Crippen molar-refractivity contribution in [2.45, 2.75) is 84.0 Å². The summed E-state index contributed by atoms with van der Waals surface area (Å²) in [4.78, 5) is 7.39. The van der Waals surface area contributed by atoms with Gasteiger partial charge in [0.2, 0.25) is 0 Å². The fourth-order valence-electron chi connectivity index (χ4n) is 3.89. The van der Waals surface area contributed by atoms with Crippen LogP contribution in [0.5, 0.6) is 0 Å². The fourth-order valence-corrected chi connectivity index (χ4v) is 3.89. The summed E-state index contributed by atoms with van der Waals surface area (Å²) in [5, 5.41) is 15.7. The van der Waals surface area contributed by atoms with Crippen molar-refractivity contribution < 1.29 is 0 Å². The van der Waals surface area contributed by atoms with Crippen LogP contribution in [-0.4, -0.2) is 56.8 Å². The molecule has 1 aliphatic heterocycles. The summed E-state index contributed by atoms with van der Waals surface area (Å²) in [6.07, 6.45) is 7.48. The molecule has 2 aliphatic rings. The molecule has 7 nitrogen and oxygen atoms in total. The molecule has 0 amide bonds. The van der Waals surface area contributed by atoms with Crippen molar-refractivity contribution in [1.82, 2.24) is 30.3 Å². The quantitative estimate of drug-likeness (QED) is 0.378. The van der Waals surface area contributed by atoms with Crippen LogP contribution in [0, 0.1) is 6.92 Å². The first-order valence-electron chi connectivity index (χ1n) is 10.2. The lowest BCUT2D eigenvalue weighted by Crippen LogP contribution is -2.51. The third-order valence-corrected chi connectivity index (χ3v) is 5.86. The third-order valence-electron chi connectivity index (χ3n) is 5.86. The molecular formula is C19H36IN7. The van der Waals surface area contributed by atoms with E-state index in [1.165, 1.54) is 38.5 Å². The van der Waals surface area contributed by atoms with E-state index < -0.39 is 0 Å². The Bertz CT molecular complexity index is 599. The molecule has 1 aliphatic carbocycles. The number of piperidine rings is 1. The first-order chi connectivity index (χ1) is 12.5. The van der Waals surface area contributed by atoms with Crippen molar-refractivity contribution in [3.63, 3.8) is 0 Å². The molecule has 2 N–H and O–H groups in total. The summed E-state index contributed by atoms with van der Waals surface area (Å²) >= 11 is 0. The third kappa shape index (κ3) is 6.30. The molecular weight excluding hydrogens is 453 g/mol. The van der Waals surface area contributed by atoms with Gasteiger partial charge in [0.15, 0.2) is 11.8 Å². The second kappa shape index (κ2) is 10.6. The van der Waals surface area contributed by atoms with Gasteiger partial charge < -0.3 is 20.1 Å². The Hall–Kier alpha value is -0.900. The summed E-state index contributed by atoms with van der Waals surface area (Å²) in [6, 6.07) is 1.69. The number of nitrogens with one attached hydrogen (secondary N) is 2. The number of aromatic nitrogens is 3. The van der Waals surface area contributed by atoms with Crippen molar-refractivity contribution in [2.24, 2.45) is 12.0 Å². The average Bonchev–Trinajstić information content (AvgIpc) is 3.24. The number of hydrogen-bond donors (Lipinski definition) is 2. The van der Waals surface area contributed by atoms with E-state index in [2.05, 4.69) is 39.6 Å². The van der Waals surface area contributed by atoms with E-state index in [0.717, 1.165) is 30.7 Å². The molecule has 0 unspecified atom stereocenters. The molecule has 8 heteroatoms. The Balaban J connectivity index is 0.00000261. The Morgan fingerprint density at radius 3 is 2.19 bits per heavy atom. The van der Waals surface area contributed by atoms with Crippen LogP contribution < -0.4 is 10.6 Å². The number of hydrogen-bond acceptors (Lipinski definition) is 4. The topological polar surface area (TPSA) is 70.4 Å². The molecule has 1 saturated carbocycles. The number of guanidine groups is 1. The smallest absolute Gasteiger partial charge is 0.192 e. The Morgan fingerprint density at radius 2 is 1.67 bits per heavy atom. The van der Waals surface area contributed by atoms with Crippen LogP contribution in [0.15, 0.2) is 4.99 Å². The van der Waals surface area contributed by atoms with Crippen LogP contribution in [0.4, 0.5) is 0 Å². The maximum Gasteiger partial charge on any atom is 0.192 e. The first kappa shape index (κ1) is 22.4. The van der Waals surface area contributed by atoms with Crippen LogP contribution in [-0.2, 0) is 13.6 Å². The van der Waals surface area contributed by atoms with Crippen LogP contribution in [0.25, 0.3) is 0 Å². The molecule has 154 valence electrons. The van der Waals surface area contributed by atoms with Gasteiger partial charge in [0.05, 0.1) is 0 Å².